The molecule has 1 aromatic rings. The summed E-state index contributed by atoms with van der Waals surface area (Å²) in [6, 6.07) is 2.52. The van der Waals surface area contributed by atoms with E-state index in [0.29, 0.717) is 24.9 Å². The van der Waals surface area contributed by atoms with Gasteiger partial charge in [-0.2, -0.15) is 0 Å². The predicted octanol–water partition coefficient (Wildman–Crippen LogP) is -1.17. The quantitative estimate of drug-likeness (QED) is 0.210. The number of phenolic OH excluding ortho intramolecular Hbond substituents is 1. The first-order valence-corrected chi connectivity index (χ1v) is 9.40. The smallest absolute Gasteiger partial charge is 0.326 e. The zero-order valence-corrected chi connectivity index (χ0v) is 16.4. The first-order valence-electron chi connectivity index (χ1n) is 9.40. The minimum absolute atomic E-state index is 0.0412. The summed E-state index contributed by atoms with van der Waals surface area (Å²) in [5.41, 5.74) is 11.7. The van der Waals surface area contributed by atoms with Gasteiger partial charge >= 0.3 is 5.97 Å². The van der Waals surface area contributed by atoms with E-state index in [1.807, 2.05) is 0 Å². The van der Waals surface area contributed by atoms with Gasteiger partial charge in [0.05, 0.1) is 6.10 Å². The first kappa shape index (κ1) is 24.3. The molecule has 0 fully saturated rings. The standard InChI is InChI=1S/C19H30N4O6/c1-11(24)16(21)18(27)23-15(10-12-5-7-13(25)8-6-12)17(26)22-14(19(28)29)4-2-3-9-20/h5-8,11,14-16,24-25H,2-4,9-10,20-21H2,1H3,(H,22,26)(H,23,27)(H,28,29)/t11-,14-,15-,16-/m0/s1. The summed E-state index contributed by atoms with van der Waals surface area (Å²) < 4.78 is 0. The lowest BCUT2D eigenvalue weighted by Crippen LogP contribution is -2.56. The molecule has 9 N–H and O–H groups in total. The van der Waals surface area contributed by atoms with Crippen LogP contribution in [0.15, 0.2) is 24.3 Å². The molecule has 0 saturated carbocycles. The Kier molecular flexibility index (Phi) is 10.1. The zero-order chi connectivity index (χ0) is 22.0. The molecule has 0 aliphatic carbocycles. The van der Waals surface area contributed by atoms with E-state index >= 15 is 0 Å². The van der Waals surface area contributed by atoms with Crippen molar-refractivity contribution in [2.24, 2.45) is 11.5 Å². The van der Waals surface area contributed by atoms with Crippen molar-refractivity contribution >= 4 is 17.8 Å². The third kappa shape index (κ3) is 8.46. The number of carbonyl (C=O) groups excluding carboxylic acids is 2. The van der Waals surface area contributed by atoms with Crippen LogP contribution in [0.1, 0.15) is 31.7 Å². The van der Waals surface area contributed by atoms with Crippen molar-refractivity contribution < 1.29 is 29.7 Å². The lowest BCUT2D eigenvalue weighted by molar-refractivity contribution is -0.142. The molecule has 0 aromatic heterocycles. The number of carboxylic acid groups (broad SMARTS) is 1. The fourth-order valence-electron chi connectivity index (χ4n) is 2.59. The summed E-state index contributed by atoms with van der Waals surface area (Å²) in [7, 11) is 0. The molecule has 0 saturated heterocycles. The van der Waals surface area contributed by atoms with Crippen molar-refractivity contribution in [3.05, 3.63) is 29.8 Å². The Hall–Kier alpha value is -2.69. The van der Waals surface area contributed by atoms with Crippen LogP contribution in [-0.2, 0) is 20.8 Å². The number of amides is 2. The average molecular weight is 410 g/mol. The van der Waals surface area contributed by atoms with Gasteiger partial charge in [0.1, 0.15) is 23.9 Å². The number of nitrogens with two attached hydrogens (primary N) is 2. The van der Waals surface area contributed by atoms with E-state index in [1.165, 1.54) is 19.1 Å². The third-order valence-electron chi connectivity index (χ3n) is 4.39. The number of phenols is 1. The molecule has 162 valence electrons. The molecule has 0 bridgehead atoms. The van der Waals surface area contributed by atoms with E-state index < -0.39 is 42.0 Å². The van der Waals surface area contributed by atoms with Crippen LogP contribution in [0.25, 0.3) is 0 Å². The number of carbonyl (C=O) groups is 3. The number of carboxylic acids is 1. The number of hydrogen-bond donors (Lipinski definition) is 7. The topological polar surface area (TPSA) is 188 Å². The highest BCUT2D eigenvalue weighted by Crippen LogP contribution is 2.12. The van der Waals surface area contributed by atoms with Crippen LogP contribution in [-0.4, -0.2) is 63.9 Å². The van der Waals surface area contributed by atoms with Crippen LogP contribution in [0.4, 0.5) is 0 Å². The normalized spacial score (nSPS) is 15.0. The Balaban J connectivity index is 2.94. The van der Waals surface area contributed by atoms with Crippen molar-refractivity contribution in [3.8, 4) is 5.75 Å². The van der Waals surface area contributed by atoms with Gasteiger partial charge in [0.15, 0.2) is 0 Å². The predicted molar refractivity (Wildman–Crippen MR) is 106 cm³/mol. The summed E-state index contributed by atoms with van der Waals surface area (Å²) >= 11 is 0. The molecular weight excluding hydrogens is 380 g/mol. The van der Waals surface area contributed by atoms with Crippen molar-refractivity contribution in [2.45, 2.75) is 56.8 Å². The Morgan fingerprint density at radius 2 is 1.62 bits per heavy atom. The van der Waals surface area contributed by atoms with E-state index in [1.54, 1.807) is 12.1 Å². The largest absolute Gasteiger partial charge is 0.508 e. The second-order valence-corrected chi connectivity index (χ2v) is 6.88. The second kappa shape index (κ2) is 12.0. The summed E-state index contributed by atoms with van der Waals surface area (Å²) in [5, 5.41) is 33.1. The highest BCUT2D eigenvalue weighted by molar-refractivity contribution is 5.92. The molecule has 0 heterocycles. The maximum absolute atomic E-state index is 12.7. The number of aliphatic carboxylic acids is 1. The van der Waals surface area contributed by atoms with E-state index in [4.69, 9.17) is 11.5 Å². The van der Waals surface area contributed by atoms with Crippen molar-refractivity contribution in [2.75, 3.05) is 6.54 Å². The number of aliphatic hydroxyl groups excluding tert-OH is 1. The van der Waals surface area contributed by atoms with Gasteiger partial charge < -0.3 is 37.4 Å². The molecule has 4 atom stereocenters. The molecule has 0 unspecified atom stereocenters. The van der Waals surface area contributed by atoms with E-state index in [9.17, 15) is 29.7 Å². The van der Waals surface area contributed by atoms with Crippen molar-refractivity contribution in [1.82, 2.24) is 10.6 Å². The number of unbranched alkanes of at least 4 members (excludes halogenated alkanes) is 1. The van der Waals surface area contributed by atoms with Gasteiger partial charge in [-0.15, -0.1) is 0 Å². The highest BCUT2D eigenvalue weighted by Gasteiger charge is 2.29. The van der Waals surface area contributed by atoms with Crippen LogP contribution in [0.3, 0.4) is 0 Å². The van der Waals surface area contributed by atoms with Gasteiger partial charge in [-0.05, 0) is 50.4 Å². The summed E-state index contributed by atoms with van der Waals surface area (Å²) in [6.07, 6.45) is 0.257. The summed E-state index contributed by atoms with van der Waals surface area (Å²) in [4.78, 5) is 36.4. The SMILES string of the molecule is C[C@H](O)[C@H](N)C(=O)N[C@@H](Cc1ccc(O)cc1)C(=O)N[C@@H](CCCCN)C(=O)O. The van der Waals surface area contributed by atoms with Crippen LogP contribution in [0, 0.1) is 0 Å². The Bertz CT molecular complexity index is 680. The molecule has 0 radical (unpaired) electrons. The molecule has 1 aromatic carbocycles. The number of benzene rings is 1. The molecular formula is C19H30N4O6. The average Bonchev–Trinajstić information content (AvgIpc) is 2.67. The molecule has 10 nitrogen and oxygen atoms in total. The fourth-order valence-corrected chi connectivity index (χ4v) is 2.59. The lowest BCUT2D eigenvalue weighted by atomic mass is 10.0. The van der Waals surface area contributed by atoms with Crippen LogP contribution in [0.2, 0.25) is 0 Å². The molecule has 2 amide bonds. The van der Waals surface area contributed by atoms with E-state index in [0.717, 1.165) is 0 Å². The number of aromatic hydroxyl groups is 1. The zero-order valence-electron chi connectivity index (χ0n) is 16.4. The first-order chi connectivity index (χ1) is 13.6. The Labute approximate surface area is 169 Å². The molecule has 10 heteroatoms. The van der Waals surface area contributed by atoms with Gasteiger partial charge in [0.2, 0.25) is 11.8 Å². The molecule has 0 spiro atoms. The van der Waals surface area contributed by atoms with Crippen LogP contribution in [0.5, 0.6) is 5.75 Å². The number of rotatable bonds is 12. The van der Waals surface area contributed by atoms with Crippen LogP contribution < -0.4 is 22.1 Å². The summed E-state index contributed by atoms with van der Waals surface area (Å²) in [6.45, 7) is 1.76. The number of aliphatic hydroxyl groups is 1. The maximum Gasteiger partial charge on any atom is 0.326 e. The molecule has 1 rings (SSSR count). The van der Waals surface area contributed by atoms with Gasteiger partial charge in [-0.25, -0.2) is 4.79 Å². The lowest BCUT2D eigenvalue weighted by Gasteiger charge is -2.24. The second-order valence-electron chi connectivity index (χ2n) is 6.88. The fraction of sp³-hybridized carbons (Fsp3) is 0.526. The van der Waals surface area contributed by atoms with Gasteiger partial charge in [-0.3, -0.25) is 9.59 Å². The van der Waals surface area contributed by atoms with Gasteiger partial charge in [0.25, 0.3) is 0 Å². The maximum atomic E-state index is 12.7. The van der Waals surface area contributed by atoms with E-state index in [-0.39, 0.29) is 18.6 Å². The number of hydrogen-bond acceptors (Lipinski definition) is 7. The Morgan fingerprint density at radius 3 is 2.14 bits per heavy atom. The van der Waals surface area contributed by atoms with Gasteiger partial charge in [-0.1, -0.05) is 12.1 Å². The van der Waals surface area contributed by atoms with Crippen LogP contribution >= 0.6 is 0 Å². The Morgan fingerprint density at radius 1 is 1.03 bits per heavy atom. The van der Waals surface area contributed by atoms with Crippen molar-refractivity contribution in [3.63, 3.8) is 0 Å². The highest BCUT2D eigenvalue weighted by atomic mass is 16.4. The monoisotopic (exact) mass is 410 g/mol. The molecule has 29 heavy (non-hydrogen) atoms. The van der Waals surface area contributed by atoms with Gasteiger partial charge in [0, 0.05) is 6.42 Å². The minimum atomic E-state index is -1.25. The van der Waals surface area contributed by atoms with Crippen molar-refractivity contribution in [1.29, 1.82) is 0 Å². The molecule has 0 aliphatic heterocycles. The minimum Gasteiger partial charge on any atom is -0.508 e. The number of nitrogens with one attached hydrogen (secondary N) is 2. The van der Waals surface area contributed by atoms with E-state index in [2.05, 4.69) is 10.6 Å². The summed E-state index contributed by atoms with van der Waals surface area (Å²) in [5.74, 6) is -2.58. The molecule has 0 aliphatic rings. The third-order valence-corrected chi connectivity index (χ3v) is 4.39.